The van der Waals surface area contributed by atoms with Crippen molar-refractivity contribution in [3.05, 3.63) is 32.9 Å². The molecule has 1 aromatic rings. The lowest BCUT2D eigenvalue weighted by Crippen LogP contribution is -2.31. The number of hydrogen-bond acceptors (Lipinski definition) is 2. The molecule has 0 aromatic heterocycles. The molecule has 0 fully saturated rings. The van der Waals surface area contributed by atoms with Gasteiger partial charge >= 0.3 is 5.97 Å². The lowest BCUT2D eigenvalue weighted by molar-refractivity contribution is -0.148. The van der Waals surface area contributed by atoms with E-state index in [9.17, 15) is 4.79 Å². The van der Waals surface area contributed by atoms with E-state index in [1.165, 1.54) is 9.13 Å². The molecular formula is C13H17IO2. The molecule has 0 N–H and O–H groups in total. The van der Waals surface area contributed by atoms with Crippen molar-refractivity contribution >= 4 is 28.6 Å². The summed E-state index contributed by atoms with van der Waals surface area (Å²) in [5.74, 6) is -0.171. The Hall–Kier alpha value is -0.580. The van der Waals surface area contributed by atoms with Gasteiger partial charge in [-0.15, -0.1) is 0 Å². The monoisotopic (exact) mass is 332 g/mol. The molecule has 88 valence electrons. The third kappa shape index (κ3) is 2.75. The molecule has 0 spiro atoms. The van der Waals surface area contributed by atoms with E-state index >= 15 is 0 Å². The first-order valence-electron chi connectivity index (χ1n) is 5.33. The SMILES string of the molecule is CCOC(=O)C(C)(C)c1ccc(I)c(C)c1. The second-order valence-electron chi connectivity index (χ2n) is 4.31. The Morgan fingerprint density at radius 2 is 2.06 bits per heavy atom. The lowest BCUT2D eigenvalue weighted by atomic mass is 9.84. The van der Waals surface area contributed by atoms with Crippen molar-refractivity contribution in [2.24, 2.45) is 0 Å². The number of halogens is 1. The third-order valence-electron chi connectivity index (χ3n) is 2.67. The van der Waals surface area contributed by atoms with Crippen LogP contribution in [0.1, 0.15) is 31.9 Å². The van der Waals surface area contributed by atoms with E-state index in [1.54, 1.807) is 0 Å². The van der Waals surface area contributed by atoms with Gasteiger partial charge in [0.1, 0.15) is 0 Å². The summed E-state index contributed by atoms with van der Waals surface area (Å²) in [6, 6.07) is 6.08. The van der Waals surface area contributed by atoms with Crippen LogP contribution in [-0.2, 0) is 14.9 Å². The van der Waals surface area contributed by atoms with Gasteiger partial charge in [-0.05, 0) is 67.5 Å². The van der Waals surface area contributed by atoms with Crippen LogP contribution in [0.15, 0.2) is 18.2 Å². The van der Waals surface area contributed by atoms with Crippen molar-refractivity contribution in [1.82, 2.24) is 0 Å². The Morgan fingerprint density at radius 1 is 1.44 bits per heavy atom. The van der Waals surface area contributed by atoms with Crippen molar-refractivity contribution in [2.75, 3.05) is 6.61 Å². The topological polar surface area (TPSA) is 26.3 Å². The number of aryl methyl sites for hydroxylation is 1. The predicted molar refractivity (Wildman–Crippen MR) is 73.6 cm³/mol. The maximum Gasteiger partial charge on any atom is 0.315 e. The summed E-state index contributed by atoms with van der Waals surface area (Å²) in [4.78, 5) is 11.8. The molecule has 0 aliphatic carbocycles. The molecule has 16 heavy (non-hydrogen) atoms. The van der Waals surface area contributed by atoms with E-state index in [2.05, 4.69) is 28.7 Å². The zero-order valence-electron chi connectivity index (χ0n) is 10.1. The maximum atomic E-state index is 11.8. The molecule has 0 atom stereocenters. The second-order valence-corrected chi connectivity index (χ2v) is 5.47. The molecule has 0 radical (unpaired) electrons. The van der Waals surface area contributed by atoms with Crippen LogP contribution in [0.2, 0.25) is 0 Å². The minimum absolute atomic E-state index is 0.171. The van der Waals surface area contributed by atoms with Gasteiger partial charge in [-0.2, -0.15) is 0 Å². The van der Waals surface area contributed by atoms with E-state index in [0.717, 1.165) is 5.56 Å². The van der Waals surface area contributed by atoms with E-state index < -0.39 is 5.41 Å². The van der Waals surface area contributed by atoms with E-state index in [1.807, 2.05) is 39.8 Å². The largest absolute Gasteiger partial charge is 0.465 e. The summed E-state index contributed by atoms with van der Waals surface area (Å²) in [5.41, 5.74) is 1.62. The van der Waals surface area contributed by atoms with Crippen molar-refractivity contribution in [2.45, 2.75) is 33.1 Å². The minimum atomic E-state index is -0.578. The van der Waals surface area contributed by atoms with Crippen LogP contribution >= 0.6 is 22.6 Å². The number of carbonyl (C=O) groups is 1. The molecule has 3 heteroatoms. The Morgan fingerprint density at radius 3 is 2.56 bits per heavy atom. The van der Waals surface area contributed by atoms with Gasteiger partial charge in [0, 0.05) is 3.57 Å². The normalized spacial score (nSPS) is 11.3. The Labute approximate surface area is 111 Å². The average molecular weight is 332 g/mol. The highest BCUT2D eigenvalue weighted by atomic mass is 127. The average Bonchev–Trinajstić information content (AvgIpc) is 2.22. The molecule has 1 rings (SSSR count). The van der Waals surface area contributed by atoms with Gasteiger partial charge in [-0.1, -0.05) is 12.1 Å². The fraction of sp³-hybridized carbons (Fsp3) is 0.462. The maximum absolute atomic E-state index is 11.8. The molecule has 0 aliphatic heterocycles. The number of carbonyl (C=O) groups excluding carboxylic acids is 1. The van der Waals surface area contributed by atoms with Gasteiger partial charge in [-0.25, -0.2) is 0 Å². The zero-order valence-corrected chi connectivity index (χ0v) is 12.3. The molecule has 1 aromatic carbocycles. The Bertz CT molecular complexity index is 397. The fourth-order valence-electron chi connectivity index (χ4n) is 1.46. The van der Waals surface area contributed by atoms with E-state index in [0.29, 0.717) is 6.61 Å². The number of ether oxygens (including phenoxy) is 1. The first kappa shape index (κ1) is 13.5. The molecule has 0 amide bonds. The van der Waals surface area contributed by atoms with Crippen LogP contribution < -0.4 is 0 Å². The minimum Gasteiger partial charge on any atom is -0.465 e. The smallest absolute Gasteiger partial charge is 0.315 e. The summed E-state index contributed by atoms with van der Waals surface area (Å²) < 4.78 is 6.30. The summed E-state index contributed by atoms with van der Waals surface area (Å²) in [5, 5.41) is 0. The standard InChI is InChI=1S/C13H17IO2/c1-5-16-12(15)13(3,4)10-6-7-11(14)9(2)8-10/h6-8H,5H2,1-4H3. The Balaban J connectivity index is 3.06. The van der Waals surface area contributed by atoms with Crippen LogP contribution in [0.5, 0.6) is 0 Å². The number of benzene rings is 1. The van der Waals surface area contributed by atoms with Gasteiger partial charge in [0.2, 0.25) is 0 Å². The molecule has 0 unspecified atom stereocenters. The van der Waals surface area contributed by atoms with Crippen molar-refractivity contribution in [1.29, 1.82) is 0 Å². The summed E-state index contributed by atoms with van der Waals surface area (Å²) in [6.45, 7) is 8.09. The molecule has 0 aliphatic rings. The molecule has 0 saturated carbocycles. The van der Waals surface area contributed by atoms with Gasteiger partial charge < -0.3 is 4.74 Å². The van der Waals surface area contributed by atoms with Crippen molar-refractivity contribution in [3.63, 3.8) is 0 Å². The van der Waals surface area contributed by atoms with Gasteiger partial charge in [0.05, 0.1) is 12.0 Å². The van der Waals surface area contributed by atoms with Crippen LogP contribution in [0.25, 0.3) is 0 Å². The number of hydrogen-bond donors (Lipinski definition) is 0. The fourth-order valence-corrected chi connectivity index (χ4v) is 1.80. The zero-order chi connectivity index (χ0) is 12.3. The summed E-state index contributed by atoms with van der Waals surface area (Å²) in [7, 11) is 0. The van der Waals surface area contributed by atoms with Gasteiger partial charge in [0.15, 0.2) is 0 Å². The molecule has 0 saturated heterocycles. The van der Waals surface area contributed by atoms with Crippen LogP contribution in [-0.4, -0.2) is 12.6 Å². The number of rotatable bonds is 3. The molecule has 0 heterocycles. The van der Waals surface area contributed by atoms with Crippen molar-refractivity contribution < 1.29 is 9.53 Å². The van der Waals surface area contributed by atoms with Crippen LogP contribution in [0.3, 0.4) is 0 Å². The lowest BCUT2D eigenvalue weighted by Gasteiger charge is -2.23. The summed E-state index contributed by atoms with van der Waals surface area (Å²) >= 11 is 2.29. The van der Waals surface area contributed by atoms with Crippen LogP contribution in [0, 0.1) is 10.5 Å². The highest BCUT2D eigenvalue weighted by Crippen LogP contribution is 2.27. The third-order valence-corrected chi connectivity index (χ3v) is 3.88. The first-order valence-corrected chi connectivity index (χ1v) is 6.41. The number of esters is 1. The van der Waals surface area contributed by atoms with Crippen LogP contribution in [0.4, 0.5) is 0 Å². The van der Waals surface area contributed by atoms with Gasteiger partial charge in [-0.3, -0.25) is 4.79 Å². The first-order chi connectivity index (χ1) is 7.39. The highest BCUT2D eigenvalue weighted by Gasteiger charge is 2.31. The Kier molecular flexibility index (Phi) is 4.35. The quantitative estimate of drug-likeness (QED) is 0.626. The van der Waals surface area contributed by atoms with E-state index in [4.69, 9.17) is 4.74 Å². The molecule has 2 nitrogen and oxygen atoms in total. The van der Waals surface area contributed by atoms with Gasteiger partial charge in [0.25, 0.3) is 0 Å². The second kappa shape index (κ2) is 5.17. The van der Waals surface area contributed by atoms with E-state index in [-0.39, 0.29) is 5.97 Å². The van der Waals surface area contributed by atoms with Crippen molar-refractivity contribution in [3.8, 4) is 0 Å². The molecule has 0 bridgehead atoms. The summed E-state index contributed by atoms with van der Waals surface area (Å²) in [6.07, 6.45) is 0. The highest BCUT2D eigenvalue weighted by molar-refractivity contribution is 14.1. The predicted octanol–water partition coefficient (Wildman–Crippen LogP) is 3.44. The molecular weight excluding hydrogens is 315 g/mol.